The Kier molecular flexibility index (Phi) is 8.49. The summed E-state index contributed by atoms with van der Waals surface area (Å²) in [7, 11) is 1.65. The highest BCUT2D eigenvalue weighted by atomic mass is 127. The summed E-state index contributed by atoms with van der Waals surface area (Å²) in [4.78, 5) is 4.42. The minimum Gasteiger partial charge on any atom is -0.495 e. The van der Waals surface area contributed by atoms with E-state index >= 15 is 0 Å². The van der Waals surface area contributed by atoms with Crippen LogP contribution < -0.4 is 15.8 Å². The number of rotatable bonds is 5. The van der Waals surface area contributed by atoms with Gasteiger partial charge in [-0.2, -0.15) is 0 Å². The van der Waals surface area contributed by atoms with E-state index < -0.39 is 0 Å². The molecule has 1 aromatic rings. The zero-order valence-electron chi connectivity index (χ0n) is 12.7. The minimum atomic E-state index is 0. The maximum Gasteiger partial charge on any atom is 0.193 e. The van der Waals surface area contributed by atoms with Crippen LogP contribution in [-0.2, 0) is 0 Å². The van der Waals surface area contributed by atoms with Gasteiger partial charge in [0.15, 0.2) is 5.96 Å². The number of hydrogen-bond donors (Lipinski definition) is 2. The average Bonchev–Trinajstić information content (AvgIpc) is 2.49. The maximum absolute atomic E-state index is 5.93. The molecule has 1 saturated carbocycles. The van der Waals surface area contributed by atoms with E-state index in [1.807, 2.05) is 24.3 Å². The molecule has 1 fully saturated rings. The van der Waals surface area contributed by atoms with E-state index in [1.54, 1.807) is 7.11 Å². The normalized spacial score (nSPS) is 16.1. The molecule has 2 rings (SSSR count). The van der Waals surface area contributed by atoms with Gasteiger partial charge in [0.25, 0.3) is 0 Å². The maximum atomic E-state index is 5.93. The molecule has 0 aromatic heterocycles. The van der Waals surface area contributed by atoms with Crippen molar-refractivity contribution in [3.63, 3.8) is 0 Å². The fourth-order valence-electron chi connectivity index (χ4n) is 2.77. The average molecular weight is 403 g/mol. The molecule has 21 heavy (non-hydrogen) atoms. The van der Waals surface area contributed by atoms with Crippen LogP contribution in [0.1, 0.15) is 38.5 Å². The molecular formula is C16H26IN3O. The molecule has 0 aliphatic heterocycles. The quantitative estimate of drug-likeness (QED) is 0.444. The second-order valence-electron chi connectivity index (χ2n) is 5.38. The number of hydrogen-bond acceptors (Lipinski definition) is 2. The van der Waals surface area contributed by atoms with Crippen molar-refractivity contribution < 1.29 is 4.74 Å². The number of methoxy groups -OCH3 is 1. The summed E-state index contributed by atoms with van der Waals surface area (Å²) < 4.78 is 5.27. The molecule has 0 spiro atoms. The number of ether oxygens (including phenoxy) is 1. The fraction of sp³-hybridized carbons (Fsp3) is 0.562. The van der Waals surface area contributed by atoms with Crippen molar-refractivity contribution in [2.75, 3.05) is 19.0 Å². The van der Waals surface area contributed by atoms with Crippen molar-refractivity contribution in [3.8, 4) is 5.75 Å². The van der Waals surface area contributed by atoms with Crippen molar-refractivity contribution in [1.82, 2.24) is 0 Å². The Balaban J connectivity index is 0.00000220. The highest BCUT2D eigenvalue weighted by Gasteiger charge is 2.12. The lowest BCUT2D eigenvalue weighted by molar-refractivity contribution is 0.343. The molecule has 0 atom stereocenters. The summed E-state index contributed by atoms with van der Waals surface area (Å²) in [5.74, 6) is 2.08. The first-order valence-corrected chi connectivity index (χ1v) is 7.49. The van der Waals surface area contributed by atoms with E-state index in [1.165, 1.54) is 32.1 Å². The first-order chi connectivity index (χ1) is 9.79. The molecule has 5 heteroatoms. The molecule has 3 N–H and O–H groups in total. The zero-order chi connectivity index (χ0) is 14.2. The van der Waals surface area contributed by atoms with Crippen molar-refractivity contribution in [2.45, 2.75) is 38.5 Å². The van der Waals surface area contributed by atoms with Crippen molar-refractivity contribution in [2.24, 2.45) is 16.6 Å². The number of guanidine groups is 1. The second kappa shape index (κ2) is 9.87. The largest absolute Gasteiger partial charge is 0.495 e. The molecule has 1 aliphatic rings. The van der Waals surface area contributed by atoms with Crippen LogP contribution in [0.4, 0.5) is 5.69 Å². The summed E-state index contributed by atoms with van der Waals surface area (Å²) in [6, 6.07) is 7.71. The molecule has 1 aromatic carbocycles. The molecule has 0 radical (unpaired) electrons. The Morgan fingerprint density at radius 1 is 1.29 bits per heavy atom. The number of benzene rings is 1. The Bertz CT molecular complexity index is 445. The van der Waals surface area contributed by atoms with E-state index in [0.29, 0.717) is 5.96 Å². The summed E-state index contributed by atoms with van der Waals surface area (Å²) in [6.07, 6.45) is 8.02. The van der Waals surface area contributed by atoms with Gasteiger partial charge in [0.1, 0.15) is 5.75 Å². The third kappa shape index (κ3) is 6.11. The first-order valence-electron chi connectivity index (χ1n) is 7.49. The summed E-state index contributed by atoms with van der Waals surface area (Å²) in [5.41, 5.74) is 6.78. The van der Waals surface area contributed by atoms with Gasteiger partial charge < -0.3 is 15.8 Å². The van der Waals surface area contributed by atoms with Crippen LogP contribution in [0.5, 0.6) is 5.75 Å². The number of halogens is 1. The van der Waals surface area contributed by atoms with E-state index in [2.05, 4.69) is 10.3 Å². The van der Waals surface area contributed by atoms with Gasteiger partial charge in [-0.1, -0.05) is 44.2 Å². The molecule has 1 aliphatic carbocycles. The van der Waals surface area contributed by atoms with Gasteiger partial charge in [0.05, 0.1) is 12.8 Å². The first kappa shape index (κ1) is 18.1. The van der Waals surface area contributed by atoms with Crippen LogP contribution in [0.3, 0.4) is 0 Å². The van der Waals surface area contributed by atoms with E-state index in [4.69, 9.17) is 10.5 Å². The highest BCUT2D eigenvalue weighted by molar-refractivity contribution is 14.0. The summed E-state index contributed by atoms with van der Waals surface area (Å²) >= 11 is 0. The Morgan fingerprint density at radius 3 is 2.71 bits per heavy atom. The third-order valence-electron chi connectivity index (χ3n) is 3.91. The van der Waals surface area contributed by atoms with Gasteiger partial charge in [-0.25, -0.2) is 0 Å². The van der Waals surface area contributed by atoms with Gasteiger partial charge in [-0.15, -0.1) is 24.0 Å². The van der Waals surface area contributed by atoms with Gasteiger partial charge >= 0.3 is 0 Å². The molecule has 0 amide bonds. The Hall–Kier alpha value is -0.980. The SMILES string of the molecule is COc1ccccc1NC(N)=NCCC1CCCCC1.I. The van der Waals surface area contributed by atoms with Crippen LogP contribution in [0.25, 0.3) is 0 Å². The van der Waals surface area contributed by atoms with Gasteiger partial charge in [-0.05, 0) is 24.5 Å². The molecule has 0 unspecified atom stereocenters. The van der Waals surface area contributed by atoms with Crippen LogP contribution >= 0.6 is 24.0 Å². The van der Waals surface area contributed by atoms with E-state index in [-0.39, 0.29) is 24.0 Å². The Morgan fingerprint density at radius 2 is 2.00 bits per heavy atom. The predicted molar refractivity (Wildman–Crippen MR) is 99.7 cm³/mol. The van der Waals surface area contributed by atoms with Crippen LogP contribution in [0.2, 0.25) is 0 Å². The van der Waals surface area contributed by atoms with Crippen LogP contribution in [0.15, 0.2) is 29.3 Å². The molecular weight excluding hydrogens is 377 g/mol. The predicted octanol–water partition coefficient (Wildman–Crippen LogP) is 4.01. The zero-order valence-corrected chi connectivity index (χ0v) is 15.0. The number of nitrogens with one attached hydrogen (secondary N) is 1. The van der Waals surface area contributed by atoms with Crippen LogP contribution in [-0.4, -0.2) is 19.6 Å². The minimum absolute atomic E-state index is 0. The summed E-state index contributed by atoms with van der Waals surface area (Å²) in [5, 5.41) is 3.10. The fourth-order valence-corrected chi connectivity index (χ4v) is 2.77. The van der Waals surface area contributed by atoms with Crippen molar-refractivity contribution >= 4 is 35.6 Å². The lowest BCUT2D eigenvalue weighted by Gasteiger charge is -2.20. The standard InChI is InChI=1S/C16H25N3O.HI/c1-20-15-10-6-5-9-14(15)19-16(17)18-12-11-13-7-3-2-4-8-13;/h5-6,9-10,13H,2-4,7-8,11-12H2,1H3,(H3,17,18,19);1H. The van der Waals surface area contributed by atoms with Gasteiger partial charge in [0.2, 0.25) is 0 Å². The number of para-hydroxylation sites is 2. The smallest absolute Gasteiger partial charge is 0.193 e. The van der Waals surface area contributed by atoms with Crippen molar-refractivity contribution in [1.29, 1.82) is 0 Å². The van der Waals surface area contributed by atoms with E-state index in [9.17, 15) is 0 Å². The molecule has 4 nitrogen and oxygen atoms in total. The van der Waals surface area contributed by atoms with Gasteiger partial charge in [-0.3, -0.25) is 4.99 Å². The molecule has 0 saturated heterocycles. The topological polar surface area (TPSA) is 59.6 Å². The number of anilines is 1. The number of nitrogens with zero attached hydrogens (tertiary/aromatic N) is 1. The molecule has 0 bridgehead atoms. The highest BCUT2D eigenvalue weighted by Crippen LogP contribution is 2.26. The lowest BCUT2D eigenvalue weighted by atomic mass is 9.87. The second-order valence-corrected chi connectivity index (χ2v) is 5.38. The molecule has 118 valence electrons. The third-order valence-corrected chi connectivity index (χ3v) is 3.91. The van der Waals surface area contributed by atoms with Gasteiger partial charge in [0, 0.05) is 6.54 Å². The number of aliphatic imine (C=N–C) groups is 1. The van der Waals surface area contributed by atoms with E-state index in [0.717, 1.165) is 30.3 Å². The summed E-state index contributed by atoms with van der Waals surface area (Å²) in [6.45, 7) is 0.804. The molecule has 0 heterocycles. The number of nitrogens with two attached hydrogens (primary N) is 1. The Labute approximate surface area is 144 Å². The van der Waals surface area contributed by atoms with Crippen molar-refractivity contribution in [3.05, 3.63) is 24.3 Å². The van der Waals surface area contributed by atoms with Crippen LogP contribution in [0, 0.1) is 5.92 Å². The monoisotopic (exact) mass is 403 g/mol. The lowest BCUT2D eigenvalue weighted by Crippen LogP contribution is -2.23.